The molecule has 126 valence electrons. The van der Waals surface area contributed by atoms with Crippen LogP contribution in [0, 0.1) is 5.82 Å². The van der Waals surface area contributed by atoms with E-state index in [1.54, 1.807) is 31.3 Å². The molecular weight excluding hydrogens is 375 g/mol. The van der Waals surface area contributed by atoms with Crippen molar-refractivity contribution in [2.45, 2.75) is 12.8 Å². The Hall–Kier alpha value is -2.21. The third-order valence-corrected chi connectivity index (χ3v) is 3.98. The number of carbonyl (C=O) groups is 2. The van der Waals surface area contributed by atoms with E-state index in [2.05, 4.69) is 21.2 Å². The lowest BCUT2D eigenvalue weighted by molar-refractivity contribution is -0.133. The van der Waals surface area contributed by atoms with Gasteiger partial charge in [0.2, 0.25) is 11.8 Å². The van der Waals surface area contributed by atoms with E-state index in [0.29, 0.717) is 22.1 Å². The number of halogens is 2. The summed E-state index contributed by atoms with van der Waals surface area (Å²) in [5.41, 5.74) is 1.16. The molecule has 0 atom stereocenters. The summed E-state index contributed by atoms with van der Waals surface area (Å²) in [6.07, 6.45) is 0.441. The van der Waals surface area contributed by atoms with Gasteiger partial charge in [-0.2, -0.15) is 0 Å². The summed E-state index contributed by atoms with van der Waals surface area (Å²) >= 11 is 3.19. The average molecular weight is 393 g/mol. The Bertz CT molecular complexity index is 722. The summed E-state index contributed by atoms with van der Waals surface area (Å²) in [6.45, 7) is -0.0451. The third kappa shape index (κ3) is 5.45. The van der Waals surface area contributed by atoms with E-state index < -0.39 is 0 Å². The molecule has 0 radical (unpaired) electrons. The minimum absolute atomic E-state index is 0.0451. The van der Waals surface area contributed by atoms with Gasteiger partial charge in [0.25, 0.3) is 0 Å². The Balaban J connectivity index is 1.82. The molecule has 1 N–H and O–H groups in total. The number of amides is 2. The van der Waals surface area contributed by atoms with Crippen LogP contribution in [0.4, 0.5) is 10.1 Å². The van der Waals surface area contributed by atoms with Crippen LogP contribution in [0.3, 0.4) is 0 Å². The number of benzene rings is 2. The fourth-order valence-corrected chi connectivity index (χ4v) is 2.52. The first-order valence-corrected chi connectivity index (χ1v) is 8.28. The predicted molar refractivity (Wildman–Crippen MR) is 95.1 cm³/mol. The molecule has 0 heterocycles. The molecule has 0 fully saturated rings. The Labute approximate surface area is 148 Å². The van der Waals surface area contributed by atoms with Crippen molar-refractivity contribution in [1.29, 1.82) is 0 Å². The molecule has 6 heteroatoms. The number of hydrogen-bond acceptors (Lipinski definition) is 2. The van der Waals surface area contributed by atoms with Crippen molar-refractivity contribution >= 4 is 33.4 Å². The van der Waals surface area contributed by atoms with Crippen LogP contribution in [0.2, 0.25) is 0 Å². The standard InChI is InChI=1S/C18H18BrFN2O2/c1-22(12-17(23)21-15-5-3-2-4-6-15)18(24)10-8-13-7-9-14(19)11-16(13)20/h2-7,9,11H,8,10,12H2,1H3,(H,21,23). The summed E-state index contributed by atoms with van der Waals surface area (Å²) in [5.74, 6) is -0.825. The SMILES string of the molecule is CN(CC(=O)Nc1ccccc1)C(=O)CCc1ccc(Br)cc1F. The van der Waals surface area contributed by atoms with Crippen molar-refractivity contribution in [1.82, 2.24) is 4.90 Å². The highest BCUT2D eigenvalue weighted by Crippen LogP contribution is 2.16. The number of aryl methyl sites for hydroxylation is 1. The van der Waals surface area contributed by atoms with E-state index in [4.69, 9.17) is 0 Å². The highest BCUT2D eigenvalue weighted by Gasteiger charge is 2.14. The Kier molecular flexibility index (Phi) is 6.49. The lowest BCUT2D eigenvalue weighted by Gasteiger charge is -2.17. The molecule has 0 aliphatic rings. The Morgan fingerprint density at radius 2 is 1.88 bits per heavy atom. The third-order valence-electron chi connectivity index (χ3n) is 3.49. The van der Waals surface area contributed by atoms with E-state index >= 15 is 0 Å². The van der Waals surface area contributed by atoms with Gasteiger partial charge < -0.3 is 10.2 Å². The van der Waals surface area contributed by atoms with Crippen LogP contribution in [0.25, 0.3) is 0 Å². The first-order valence-electron chi connectivity index (χ1n) is 7.48. The highest BCUT2D eigenvalue weighted by atomic mass is 79.9. The lowest BCUT2D eigenvalue weighted by Crippen LogP contribution is -2.35. The molecule has 24 heavy (non-hydrogen) atoms. The smallest absolute Gasteiger partial charge is 0.243 e. The van der Waals surface area contributed by atoms with E-state index in [1.165, 1.54) is 11.0 Å². The molecular formula is C18H18BrFN2O2. The number of nitrogens with one attached hydrogen (secondary N) is 1. The van der Waals surface area contributed by atoms with Gasteiger partial charge in [-0.05, 0) is 36.2 Å². The Morgan fingerprint density at radius 1 is 1.17 bits per heavy atom. The molecule has 0 unspecified atom stereocenters. The molecule has 0 aliphatic heterocycles. The second-order valence-electron chi connectivity index (χ2n) is 5.40. The fourth-order valence-electron chi connectivity index (χ4n) is 2.18. The van der Waals surface area contributed by atoms with Crippen LogP contribution in [-0.2, 0) is 16.0 Å². The minimum Gasteiger partial charge on any atom is -0.336 e. The van der Waals surface area contributed by atoms with E-state index in [9.17, 15) is 14.0 Å². The number of anilines is 1. The molecule has 0 aromatic heterocycles. The second-order valence-corrected chi connectivity index (χ2v) is 6.32. The van der Waals surface area contributed by atoms with Crippen LogP contribution in [0.5, 0.6) is 0 Å². The first kappa shape index (κ1) is 18.1. The minimum atomic E-state index is -0.346. The molecule has 0 bridgehead atoms. The predicted octanol–water partition coefficient (Wildman–Crippen LogP) is 3.62. The van der Waals surface area contributed by atoms with Crippen molar-refractivity contribution in [2.75, 3.05) is 18.9 Å². The molecule has 0 saturated carbocycles. The van der Waals surface area contributed by atoms with Crippen molar-refractivity contribution in [3.8, 4) is 0 Å². The summed E-state index contributed by atoms with van der Waals surface area (Å²) in [5, 5.41) is 2.72. The molecule has 0 aliphatic carbocycles. The molecule has 2 aromatic rings. The van der Waals surface area contributed by atoms with Gasteiger partial charge in [0.05, 0.1) is 6.54 Å². The fraction of sp³-hybridized carbons (Fsp3) is 0.222. The quantitative estimate of drug-likeness (QED) is 0.815. The number of hydrogen-bond donors (Lipinski definition) is 1. The second kappa shape index (κ2) is 8.59. The maximum Gasteiger partial charge on any atom is 0.243 e. The van der Waals surface area contributed by atoms with Gasteiger partial charge in [0.15, 0.2) is 0 Å². The average Bonchev–Trinajstić information content (AvgIpc) is 2.54. The zero-order chi connectivity index (χ0) is 17.5. The van der Waals surface area contributed by atoms with Gasteiger partial charge in [-0.25, -0.2) is 4.39 Å². The number of para-hydroxylation sites is 1. The maximum absolute atomic E-state index is 13.7. The van der Waals surface area contributed by atoms with Crippen molar-refractivity contribution in [2.24, 2.45) is 0 Å². The van der Waals surface area contributed by atoms with Crippen LogP contribution in [0.1, 0.15) is 12.0 Å². The molecule has 4 nitrogen and oxygen atoms in total. The zero-order valence-electron chi connectivity index (χ0n) is 13.3. The first-order chi connectivity index (χ1) is 11.5. The van der Waals surface area contributed by atoms with Gasteiger partial charge in [0.1, 0.15) is 5.82 Å². The molecule has 2 rings (SSSR count). The zero-order valence-corrected chi connectivity index (χ0v) is 14.8. The van der Waals surface area contributed by atoms with Gasteiger partial charge in [-0.15, -0.1) is 0 Å². The monoisotopic (exact) mass is 392 g/mol. The maximum atomic E-state index is 13.7. The number of carbonyl (C=O) groups excluding carboxylic acids is 2. The van der Waals surface area contributed by atoms with Gasteiger partial charge >= 0.3 is 0 Å². The lowest BCUT2D eigenvalue weighted by atomic mass is 10.1. The van der Waals surface area contributed by atoms with E-state index in [0.717, 1.165) is 0 Å². The van der Waals surface area contributed by atoms with Crippen LogP contribution in [-0.4, -0.2) is 30.3 Å². The van der Waals surface area contributed by atoms with E-state index in [1.807, 2.05) is 18.2 Å². The van der Waals surface area contributed by atoms with E-state index in [-0.39, 0.29) is 30.6 Å². The molecule has 2 amide bonds. The number of rotatable bonds is 6. The largest absolute Gasteiger partial charge is 0.336 e. The summed E-state index contributed by atoms with van der Waals surface area (Å²) < 4.78 is 14.4. The molecule has 0 spiro atoms. The molecule has 0 saturated heterocycles. The molecule has 2 aromatic carbocycles. The number of nitrogens with zero attached hydrogens (tertiary/aromatic N) is 1. The summed E-state index contributed by atoms with van der Waals surface area (Å²) in [6, 6.07) is 13.8. The van der Waals surface area contributed by atoms with Crippen molar-refractivity contribution in [3.63, 3.8) is 0 Å². The van der Waals surface area contributed by atoms with Crippen LogP contribution in [0.15, 0.2) is 53.0 Å². The topological polar surface area (TPSA) is 49.4 Å². The van der Waals surface area contributed by atoms with Crippen molar-refractivity contribution < 1.29 is 14.0 Å². The normalized spacial score (nSPS) is 10.3. The van der Waals surface area contributed by atoms with Crippen LogP contribution >= 0.6 is 15.9 Å². The van der Waals surface area contributed by atoms with Crippen LogP contribution < -0.4 is 5.32 Å². The summed E-state index contributed by atoms with van der Waals surface area (Å²) in [7, 11) is 1.56. The summed E-state index contributed by atoms with van der Waals surface area (Å²) in [4.78, 5) is 25.4. The number of likely N-dealkylation sites (N-methyl/N-ethyl adjacent to an activating group) is 1. The van der Waals surface area contributed by atoms with Gasteiger partial charge in [-0.1, -0.05) is 40.2 Å². The van der Waals surface area contributed by atoms with Gasteiger partial charge in [0, 0.05) is 23.6 Å². The van der Waals surface area contributed by atoms with Crippen molar-refractivity contribution in [3.05, 3.63) is 64.4 Å². The Morgan fingerprint density at radius 3 is 2.54 bits per heavy atom. The van der Waals surface area contributed by atoms with Gasteiger partial charge in [-0.3, -0.25) is 9.59 Å². The highest BCUT2D eigenvalue weighted by molar-refractivity contribution is 9.10.